The van der Waals surface area contributed by atoms with E-state index in [2.05, 4.69) is 34.7 Å². The Balaban J connectivity index is 1.87. The first kappa shape index (κ1) is 14.0. The molecule has 0 saturated carbocycles. The quantitative estimate of drug-likeness (QED) is 0.619. The molecule has 0 atom stereocenters. The van der Waals surface area contributed by atoms with Crippen LogP contribution in [0.5, 0.6) is 0 Å². The second kappa shape index (κ2) is 7.25. The van der Waals surface area contributed by atoms with Gasteiger partial charge in [-0.25, -0.2) is 0 Å². The van der Waals surface area contributed by atoms with Gasteiger partial charge < -0.3 is 5.32 Å². The van der Waals surface area contributed by atoms with Crippen LogP contribution in [0.25, 0.3) is 5.69 Å². The summed E-state index contributed by atoms with van der Waals surface area (Å²) in [4.78, 5) is 0. The molecule has 0 aliphatic carbocycles. The molecule has 0 amide bonds. The van der Waals surface area contributed by atoms with E-state index < -0.39 is 0 Å². The van der Waals surface area contributed by atoms with Crippen molar-refractivity contribution in [2.24, 2.45) is 5.92 Å². The van der Waals surface area contributed by atoms with Crippen molar-refractivity contribution in [3.8, 4) is 5.69 Å². The van der Waals surface area contributed by atoms with Crippen molar-refractivity contribution >= 4 is 11.8 Å². The molecular formula is C13H19N5S. The van der Waals surface area contributed by atoms with E-state index in [4.69, 9.17) is 0 Å². The first-order chi connectivity index (χ1) is 9.27. The van der Waals surface area contributed by atoms with Crippen LogP contribution in [-0.4, -0.2) is 39.0 Å². The zero-order valence-electron chi connectivity index (χ0n) is 11.3. The average Bonchev–Trinajstić information content (AvgIpc) is 2.87. The highest BCUT2D eigenvalue weighted by Gasteiger charge is 2.07. The fraction of sp³-hybridized carbons (Fsp3) is 0.462. The van der Waals surface area contributed by atoms with Gasteiger partial charge in [-0.05, 0) is 35.0 Å². The highest BCUT2D eigenvalue weighted by molar-refractivity contribution is 7.99. The van der Waals surface area contributed by atoms with E-state index >= 15 is 0 Å². The van der Waals surface area contributed by atoms with Gasteiger partial charge in [0.15, 0.2) is 0 Å². The number of para-hydroxylation sites is 1. The van der Waals surface area contributed by atoms with Crippen LogP contribution >= 0.6 is 11.8 Å². The maximum atomic E-state index is 4.06. The predicted molar refractivity (Wildman–Crippen MR) is 77.6 cm³/mol. The first-order valence-corrected chi connectivity index (χ1v) is 7.43. The van der Waals surface area contributed by atoms with Crippen LogP contribution in [-0.2, 0) is 0 Å². The number of hydrogen-bond acceptors (Lipinski definition) is 5. The lowest BCUT2D eigenvalue weighted by atomic mass is 10.2. The fourth-order valence-corrected chi connectivity index (χ4v) is 2.39. The number of hydrogen-bond donors (Lipinski definition) is 1. The van der Waals surface area contributed by atoms with Crippen LogP contribution in [0.3, 0.4) is 0 Å². The molecule has 1 aromatic carbocycles. The summed E-state index contributed by atoms with van der Waals surface area (Å²) in [5, 5.41) is 16.1. The van der Waals surface area contributed by atoms with Gasteiger partial charge in [-0.1, -0.05) is 43.8 Å². The Morgan fingerprint density at radius 2 is 2.05 bits per heavy atom. The summed E-state index contributed by atoms with van der Waals surface area (Å²) in [6.07, 6.45) is 0. The molecule has 0 aliphatic rings. The van der Waals surface area contributed by atoms with Crippen LogP contribution < -0.4 is 5.32 Å². The maximum absolute atomic E-state index is 4.06. The molecule has 1 heterocycles. The predicted octanol–water partition coefficient (Wildman–Crippen LogP) is 2.00. The largest absolute Gasteiger partial charge is 0.316 e. The van der Waals surface area contributed by atoms with Gasteiger partial charge in [0.25, 0.3) is 0 Å². The van der Waals surface area contributed by atoms with Crippen molar-refractivity contribution < 1.29 is 0 Å². The standard InChI is InChI=1S/C13H19N5S/c1-11(2)10-14-8-9-19-13-15-16-17-18(13)12-6-4-3-5-7-12/h3-7,11,14H,8-10H2,1-2H3. The summed E-state index contributed by atoms with van der Waals surface area (Å²) in [5.41, 5.74) is 0.991. The molecule has 102 valence electrons. The summed E-state index contributed by atoms with van der Waals surface area (Å²) in [7, 11) is 0. The molecule has 0 unspecified atom stereocenters. The molecule has 19 heavy (non-hydrogen) atoms. The third kappa shape index (κ3) is 4.33. The number of thioether (sulfide) groups is 1. The van der Waals surface area contributed by atoms with Gasteiger partial charge in [0.2, 0.25) is 5.16 Å². The lowest BCUT2D eigenvalue weighted by Gasteiger charge is -2.07. The number of nitrogens with zero attached hydrogens (tertiary/aromatic N) is 4. The third-order valence-corrected chi connectivity index (χ3v) is 3.43. The lowest BCUT2D eigenvalue weighted by molar-refractivity contribution is 0.568. The summed E-state index contributed by atoms with van der Waals surface area (Å²) in [6, 6.07) is 9.94. The van der Waals surface area contributed by atoms with Crippen molar-refractivity contribution in [1.29, 1.82) is 0 Å². The van der Waals surface area contributed by atoms with Gasteiger partial charge in [0.1, 0.15) is 0 Å². The molecule has 0 spiro atoms. The van der Waals surface area contributed by atoms with Gasteiger partial charge in [-0.3, -0.25) is 0 Å². The Labute approximate surface area is 117 Å². The summed E-state index contributed by atoms with van der Waals surface area (Å²) in [6.45, 7) is 6.42. The maximum Gasteiger partial charge on any atom is 0.214 e. The van der Waals surface area contributed by atoms with Crippen LogP contribution in [0, 0.1) is 5.92 Å². The molecule has 0 saturated heterocycles. The van der Waals surface area contributed by atoms with Crippen molar-refractivity contribution in [1.82, 2.24) is 25.5 Å². The molecule has 5 nitrogen and oxygen atoms in total. The number of tetrazole rings is 1. The average molecular weight is 277 g/mol. The molecular weight excluding hydrogens is 258 g/mol. The molecule has 1 aromatic heterocycles. The molecule has 0 fully saturated rings. The monoisotopic (exact) mass is 277 g/mol. The van der Waals surface area contributed by atoms with Gasteiger partial charge in [-0.15, -0.1) is 5.10 Å². The zero-order valence-corrected chi connectivity index (χ0v) is 12.1. The van der Waals surface area contributed by atoms with Crippen molar-refractivity contribution in [2.45, 2.75) is 19.0 Å². The Hall–Kier alpha value is -1.40. The second-order valence-electron chi connectivity index (χ2n) is 4.66. The summed E-state index contributed by atoms with van der Waals surface area (Å²) < 4.78 is 1.77. The molecule has 1 N–H and O–H groups in total. The van der Waals surface area contributed by atoms with Gasteiger partial charge >= 0.3 is 0 Å². The SMILES string of the molecule is CC(C)CNCCSc1nnnn1-c1ccccc1. The minimum absolute atomic E-state index is 0.680. The van der Waals surface area contributed by atoms with E-state index in [1.54, 1.807) is 16.4 Å². The zero-order chi connectivity index (χ0) is 13.5. The van der Waals surface area contributed by atoms with Gasteiger partial charge in [-0.2, -0.15) is 4.68 Å². The minimum atomic E-state index is 0.680. The minimum Gasteiger partial charge on any atom is -0.316 e. The van der Waals surface area contributed by atoms with E-state index in [0.717, 1.165) is 29.7 Å². The second-order valence-corrected chi connectivity index (χ2v) is 5.72. The molecule has 0 bridgehead atoms. The third-order valence-electron chi connectivity index (χ3n) is 2.50. The Morgan fingerprint density at radius 3 is 2.79 bits per heavy atom. The summed E-state index contributed by atoms with van der Waals surface area (Å²) >= 11 is 1.66. The van der Waals surface area contributed by atoms with Crippen molar-refractivity contribution in [2.75, 3.05) is 18.8 Å². The highest BCUT2D eigenvalue weighted by Crippen LogP contribution is 2.17. The van der Waals surface area contributed by atoms with E-state index in [9.17, 15) is 0 Å². The fourth-order valence-electron chi connectivity index (χ4n) is 1.61. The molecule has 6 heteroatoms. The van der Waals surface area contributed by atoms with E-state index in [1.807, 2.05) is 30.3 Å². The summed E-state index contributed by atoms with van der Waals surface area (Å²) in [5.74, 6) is 1.64. The van der Waals surface area contributed by atoms with E-state index in [-0.39, 0.29) is 0 Å². The number of aromatic nitrogens is 4. The van der Waals surface area contributed by atoms with Gasteiger partial charge in [0.05, 0.1) is 5.69 Å². The number of benzene rings is 1. The Kier molecular flexibility index (Phi) is 5.35. The molecule has 2 aromatic rings. The Morgan fingerprint density at radius 1 is 1.26 bits per heavy atom. The molecule has 2 rings (SSSR count). The molecule has 0 radical (unpaired) electrons. The number of nitrogens with one attached hydrogen (secondary N) is 1. The van der Waals surface area contributed by atoms with Gasteiger partial charge in [0, 0.05) is 12.3 Å². The van der Waals surface area contributed by atoms with Crippen molar-refractivity contribution in [3.63, 3.8) is 0 Å². The van der Waals surface area contributed by atoms with E-state index in [0.29, 0.717) is 5.92 Å². The highest BCUT2D eigenvalue weighted by atomic mass is 32.2. The molecule has 0 aliphatic heterocycles. The van der Waals surface area contributed by atoms with Crippen LogP contribution in [0.2, 0.25) is 0 Å². The number of rotatable bonds is 7. The van der Waals surface area contributed by atoms with Crippen LogP contribution in [0.1, 0.15) is 13.8 Å². The topological polar surface area (TPSA) is 55.6 Å². The van der Waals surface area contributed by atoms with Crippen LogP contribution in [0.15, 0.2) is 35.5 Å². The first-order valence-electron chi connectivity index (χ1n) is 6.44. The van der Waals surface area contributed by atoms with Crippen LogP contribution in [0.4, 0.5) is 0 Å². The lowest BCUT2D eigenvalue weighted by Crippen LogP contribution is -2.22. The normalized spacial score (nSPS) is 11.1. The van der Waals surface area contributed by atoms with Crippen molar-refractivity contribution in [3.05, 3.63) is 30.3 Å². The van der Waals surface area contributed by atoms with E-state index in [1.165, 1.54) is 0 Å². The smallest absolute Gasteiger partial charge is 0.214 e. The Bertz CT molecular complexity index is 483.